The molecule has 162 valence electrons. The summed E-state index contributed by atoms with van der Waals surface area (Å²) in [5, 5.41) is 0. The summed E-state index contributed by atoms with van der Waals surface area (Å²) in [5.74, 6) is 1.99. The minimum Gasteiger partial charge on any atom is -0.493 e. The van der Waals surface area contributed by atoms with E-state index in [0.717, 1.165) is 41.7 Å². The zero-order valence-corrected chi connectivity index (χ0v) is 19.9. The van der Waals surface area contributed by atoms with Gasteiger partial charge in [-0.05, 0) is 57.1 Å². The van der Waals surface area contributed by atoms with Gasteiger partial charge in [-0.3, -0.25) is 0 Å². The van der Waals surface area contributed by atoms with Gasteiger partial charge in [-0.1, -0.05) is 35.7 Å². The lowest BCUT2D eigenvalue weighted by atomic mass is 9.56. The maximum atomic E-state index is 12.6. The molecule has 1 aromatic rings. The zero-order valence-electron chi connectivity index (χ0n) is 18.3. The van der Waals surface area contributed by atoms with Crippen LogP contribution in [0.5, 0.6) is 11.5 Å². The first-order chi connectivity index (χ1) is 13.9. The van der Waals surface area contributed by atoms with Crippen molar-refractivity contribution in [2.75, 3.05) is 27.4 Å². The van der Waals surface area contributed by atoms with Gasteiger partial charge < -0.3 is 19.1 Å². The van der Waals surface area contributed by atoms with Crippen LogP contribution in [0, 0.1) is 5.92 Å². The van der Waals surface area contributed by atoms with Crippen LogP contribution in [0.2, 0.25) is 0 Å². The summed E-state index contributed by atoms with van der Waals surface area (Å²) in [6.45, 7) is 7.37. The minimum absolute atomic E-state index is 0.0194. The van der Waals surface area contributed by atoms with Crippen LogP contribution >= 0.6 is 15.9 Å². The minimum atomic E-state index is -0.186. The van der Waals surface area contributed by atoms with Crippen LogP contribution in [-0.2, 0) is 16.6 Å². The number of nitrogens with zero attached hydrogens (tertiary/aromatic N) is 1. The first-order valence-electron chi connectivity index (χ1n) is 10.8. The topological polar surface area (TPSA) is 48.0 Å². The molecule has 1 aliphatic carbocycles. The lowest BCUT2D eigenvalue weighted by Gasteiger charge is -2.55. The molecular weight excluding hydrogens is 434 g/mol. The number of fused-ring (bicyclic) bond motifs is 1. The van der Waals surface area contributed by atoms with Crippen molar-refractivity contribution in [3.05, 3.63) is 21.7 Å². The van der Waals surface area contributed by atoms with Crippen LogP contribution < -0.4 is 9.47 Å². The monoisotopic (exact) mass is 467 g/mol. The maximum absolute atomic E-state index is 12.6. The number of rotatable bonds is 5. The van der Waals surface area contributed by atoms with Gasteiger partial charge in [0.2, 0.25) is 0 Å². The van der Waals surface area contributed by atoms with E-state index in [9.17, 15) is 4.79 Å². The summed E-state index contributed by atoms with van der Waals surface area (Å²) >= 11 is 3.79. The molecule has 29 heavy (non-hydrogen) atoms. The van der Waals surface area contributed by atoms with Crippen molar-refractivity contribution >= 4 is 22.0 Å². The predicted molar refractivity (Wildman–Crippen MR) is 118 cm³/mol. The third kappa shape index (κ3) is 3.73. The fourth-order valence-electron chi connectivity index (χ4n) is 5.79. The van der Waals surface area contributed by atoms with Gasteiger partial charge in [0.05, 0.1) is 20.8 Å². The Morgan fingerprint density at radius 3 is 2.62 bits per heavy atom. The molecular formula is C23H34BrNO4. The summed E-state index contributed by atoms with van der Waals surface area (Å²) in [7, 11) is 3.43. The fraction of sp³-hybridized carbons (Fsp3) is 0.696. The summed E-state index contributed by atoms with van der Waals surface area (Å²) in [5.41, 5.74) is 2.56. The smallest absolute Gasteiger partial charge is 0.409 e. The second kappa shape index (κ2) is 9.15. The van der Waals surface area contributed by atoms with Crippen molar-refractivity contribution < 1.29 is 19.0 Å². The number of methoxy groups -OCH3 is 2. The predicted octanol–water partition coefficient (Wildman–Crippen LogP) is 5.71. The van der Waals surface area contributed by atoms with E-state index < -0.39 is 0 Å². The van der Waals surface area contributed by atoms with Crippen molar-refractivity contribution in [3.8, 4) is 11.5 Å². The van der Waals surface area contributed by atoms with Crippen molar-refractivity contribution in [2.45, 2.75) is 70.8 Å². The molecule has 2 fully saturated rings. The summed E-state index contributed by atoms with van der Waals surface area (Å²) < 4.78 is 18.1. The van der Waals surface area contributed by atoms with Crippen molar-refractivity contribution in [2.24, 2.45) is 5.92 Å². The number of hydrogen-bond acceptors (Lipinski definition) is 4. The molecule has 0 radical (unpaired) electrons. The van der Waals surface area contributed by atoms with Gasteiger partial charge in [-0.15, -0.1) is 0 Å². The Kier molecular flexibility index (Phi) is 7.02. The summed E-state index contributed by atoms with van der Waals surface area (Å²) in [6, 6.07) is 2.15. The quantitative estimate of drug-likeness (QED) is 0.556. The number of halogens is 1. The largest absolute Gasteiger partial charge is 0.493 e. The molecule has 0 N–H and O–H groups in total. The second-order valence-electron chi connectivity index (χ2n) is 8.19. The highest BCUT2D eigenvalue weighted by Gasteiger charge is 2.52. The van der Waals surface area contributed by atoms with Crippen molar-refractivity contribution in [3.63, 3.8) is 0 Å². The lowest BCUT2D eigenvalue weighted by molar-refractivity contribution is 0.00350. The van der Waals surface area contributed by atoms with Gasteiger partial charge in [0.1, 0.15) is 0 Å². The van der Waals surface area contributed by atoms with Gasteiger partial charge in [0, 0.05) is 28.0 Å². The molecule has 1 aliphatic heterocycles. The van der Waals surface area contributed by atoms with Crippen LogP contribution in [0.15, 0.2) is 10.5 Å². The van der Waals surface area contributed by atoms with Crippen LogP contribution in [0.25, 0.3) is 0 Å². The van der Waals surface area contributed by atoms with Crippen molar-refractivity contribution in [1.29, 1.82) is 0 Å². The molecule has 0 bridgehead atoms. The number of piperidine rings is 1. The Labute approximate surface area is 183 Å². The Morgan fingerprint density at radius 2 is 2.00 bits per heavy atom. The van der Waals surface area contributed by atoms with E-state index in [2.05, 4.69) is 29.8 Å². The standard InChI is InChI=1S/C23H34BrNO4/c1-6-16-18(24)14-19(27-4)21(28-5)20(16)23-11-9-8-10-17(23)15(3)25(13-12-23)22(26)29-7-2/h14-15,17H,6-13H2,1-5H3. The molecule has 0 aromatic heterocycles. The number of carbonyl (C=O) groups excluding carboxylic acids is 1. The van der Waals surface area contributed by atoms with Gasteiger partial charge >= 0.3 is 6.09 Å². The van der Waals surface area contributed by atoms with E-state index in [1.54, 1.807) is 14.2 Å². The normalized spacial score (nSPS) is 26.6. The Morgan fingerprint density at radius 1 is 1.24 bits per heavy atom. The molecule has 6 heteroatoms. The number of ether oxygens (including phenoxy) is 3. The molecule has 0 spiro atoms. The number of benzene rings is 1. The van der Waals surface area contributed by atoms with Crippen LogP contribution in [-0.4, -0.2) is 44.4 Å². The van der Waals surface area contributed by atoms with Gasteiger partial charge in [0.25, 0.3) is 0 Å². The third-order valence-corrected chi connectivity index (χ3v) is 7.75. The average Bonchev–Trinajstić information content (AvgIpc) is 2.73. The summed E-state index contributed by atoms with van der Waals surface area (Å²) in [6.07, 6.45) is 6.27. The van der Waals surface area contributed by atoms with Crippen LogP contribution in [0.4, 0.5) is 4.79 Å². The Bertz CT molecular complexity index is 753. The number of likely N-dealkylation sites (tertiary alicyclic amines) is 1. The highest BCUT2D eigenvalue weighted by Crippen LogP contribution is 2.57. The van der Waals surface area contributed by atoms with E-state index in [0.29, 0.717) is 19.1 Å². The van der Waals surface area contributed by atoms with Gasteiger partial charge in [0.15, 0.2) is 11.5 Å². The zero-order chi connectivity index (χ0) is 21.2. The van der Waals surface area contributed by atoms with E-state index >= 15 is 0 Å². The van der Waals surface area contributed by atoms with Crippen molar-refractivity contribution in [1.82, 2.24) is 4.90 Å². The average molecular weight is 468 g/mol. The molecule has 2 aliphatic rings. The first kappa shape index (κ1) is 22.3. The molecule has 1 aromatic carbocycles. The van der Waals surface area contributed by atoms with Crippen LogP contribution in [0.3, 0.4) is 0 Å². The molecule has 3 rings (SSSR count). The third-order valence-electron chi connectivity index (χ3n) is 7.05. The molecule has 1 amide bonds. The highest BCUT2D eigenvalue weighted by molar-refractivity contribution is 9.10. The molecule has 5 nitrogen and oxygen atoms in total. The molecule has 1 saturated heterocycles. The molecule has 1 saturated carbocycles. The fourth-order valence-corrected chi connectivity index (χ4v) is 6.48. The molecule has 3 unspecified atom stereocenters. The van der Waals surface area contributed by atoms with Gasteiger partial charge in [-0.2, -0.15) is 0 Å². The van der Waals surface area contributed by atoms with Gasteiger partial charge in [-0.25, -0.2) is 4.79 Å². The second-order valence-corrected chi connectivity index (χ2v) is 9.05. The summed E-state index contributed by atoms with van der Waals surface area (Å²) in [4.78, 5) is 14.5. The number of hydrogen-bond donors (Lipinski definition) is 0. The van der Waals surface area contributed by atoms with E-state index in [4.69, 9.17) is 14.2 Å². The molecule has 1 heterocycles. The Balaban J connectivity index is 2.16. The van der Waals surface area contributed by atoms with E-state index in [1.807, 2.05) is 17.9 Å². The highest BCUT2D eigenvalue weighted by atomic mass is 79.9. The van der Waals surface area contributed by atoms with Crippen LogP contribution in [0.1, 0.15) is 64.0 Å². The van der Waals surface area contributed by atoms with E-state index in [-0.39, 0.29) is 17.6 Å². The lowest BCUT2D eigenvalue weighted by Crippen LogP contribution is -2.58. The number of carbonyl (C=O) groups is 1. The Hall–Kier alpha value is -1.43. The number of amides is 1. The van der Waals surface area contributed by atoms with E-state index in [1.165, 1.54) is 24.0 Å². The molecule has 3 atom stereocenters. The maximum Gasteiger partial charge on any atom is 0.409 e. The first-order valence-corrected chi connectivity index (χ1v) is 11.6. The SMILES string of the molecule is CCOC(=O)N1CCC2(c3c(CC)c(Br)cc(OC)c3OC)CCCCC2C1C.